The largest absolute Gasteiger partial charge is 0.442 e. The molecule has 0 saturated carbocycles. The van der Waals surface area contributed by atoms with Crippen LogP contribution in [0.15, 0.2) is 48.8 Å². The Hall–Kier alpha value is -2.89. The van der Waals surface area contributed by atoms with E-state index in [9.17, 15) is 9.59 Å². The molecule has 23 heavy (non-hydrogen) atoms. The van der Waals surface area contributed by atoms with Gasteiger partial charge in [-0.15, -0.1) is 0 Å². The predicted octanol–water partition coefficient (Wildman–Crippen LogP) is 2.15. The van der Waals surface area contributed by atoms with E-state index in [0.717, 1.165) is 11.3 Å². The fourth-order valence-corrected chi connectivity index (χ4v) is 2.44. The summed E-state index contributed by atoms with van der Waals surface area (Å²) in [4.78, 5) is 29.4. The van der Waals surface area contributed by atoms with Gasteiger partial charge in [-0.1, -0.05) is 12.1 Å². The second-order valence-corrected chi connectivity index (χ2v) is 5.41. The number of carbonyl (C=O) groups excluding carboxylic acids is 2. The molecule has 6 nitrogen and oxygen atoms in total. The van der Waals surface area contributed by atoms with Gasteiger partial charge in [0.1, 0.15) is 6.10 Å². The first-order chi connectivity index (χ1) is 11.1. The van der Waals surface area contributed by atoms with Crippen LogP contribution < -0.4 is 10.2 Å². The van der Waals surface area contributed by atoms with Crippen LogP contribution in [0, 0.1) is 6.92 Å². The third-order valence-electron chi connectivity index (χ3n) is 3.60. The Kier molecular flexibility index (Phi) is 4.23. The van der Waals surface area contributed by atoms with E-state index in [-0.39, 0.29) is 18.6 Å². The maximum atomic E-state index is 12.0. The van der Waals surface area contributed by atoms with E-state index in [1.807, 2.05) is 31.2 Å². The normalized spacial score (nSPS) is 17.0. The second-order valence-electron chi connectivity index (χ2n) is 5.41. The van der Waals surface area contributed by atoms with Crippen molar-refractivity contribution in [2.75, 3.05) is 18.0 Å². The average Bonchev–Trinajstić information content (AvgIpc) is 2.94. The van der Waals surface area contributed by atoms with E-state index in [4.69, 9.17) is 4.74 Å². The summed E-state index contributed by atoms with van der Waals surface area (Å²) in [6, 6.07) is 11.0. The second kappa shape index (κ2) is 6.48. The van der Waals surface area contributed by atoms with Crippen LogP contribution in [-0.2, 0) is 4.74 Å². The number of aromatic nitrogens is 1. The molecule has 2 heterocycles. The number of aryl methyl sites for hydroxylation is 1. The van der Waals surface area contributed by atoms with Gasteiger partial charge in [0.05, 0.1) is 18.7 Å². The number of rotatable bonds is 4. The van der Waals surface area contributed by atoms with E-state index >= 15 is 0 Å². The zero-order valence-corrected chi connectivity index (χ0v) is 12.7. The molecule has 1 saturated heterocycles. The third kappa shape index (κ3) is 3.48. The molecular formula is C17H17N3O3. The molecule has 6 heteroatoms. The van der Waals surface area contributed by atoms with E-state index in [1.165, 1.54) is 6.20 Å². The van der Waals surface area contributed by atoms with E-state index < -0.39 is 6.09 Å². The number of hydrogen-bond donors (Lipinski definition) is 1. The molecule has 118 valence electrons. The molecule has 1 unspecified atom stereocenters. The summed E-state index contributed by atoms with van der Waals surface area (Å²) in [5.74, 6) is -0.233. The van der Waals surface area contributed by atoms with Gasteiger partial charge in [0.2, 0.25) is 0 Å². The van der Waals surface area contributed by atoms with Gasteiger partial charge in [0.15, 0.2) is 0 Å². The number of nitrogens with one attached hydrogen (secondary N) is 1. The maximum absolute atomic E-state index is 12.0. The van der Waals surface area contributed by atoms with Gasteiger partial charge in [-0.2, -0.15) is 0 Å². The van der Waals surface area contributed by atoms with Crippen LogP contribution in [0.25, 0.3) is 0 Å². The molecular weight excluding hydrogens is 294 g/mol. The van der Waals surface area contributed by atoms with E-state index in [1.54, 1.807) is 23.2 Å². The average molecular weight is 311 g/mol. The van der Waals surface area contributed by atoms with Crippen LogP contribution >= 0.6 is 0 Å². The monoisotopic (exact) mass is 311 g/mol. The number of anilines is 1. The van der Waals surface area contributed by atoms with Crippen molar-refractivity contribution in [3.8, 4) is 0 Å². The van der Waals surface area contributed by atoms with Gasteiger partial charge in [0.25, 0.3) is 5.91 Å². The molecule has 0 spiro atoms. The lowest BCUT2D eigenvalue weighted by atomic mass is 10.2. The van der Waals surface area contributed by atoms with Crippen molar-refractivity contribution >= 4 is 17.7 Å². The summed E-state index contributed by atoms with van der Waals surface area (Å²) >= 11 is 0. The van der Waals surface area contributed by atoms with Crippen LogP contribution in [0.5, 0.6) is 0 Å². The number of carbonyl (C=O) groups is 2. The van der Waals surface area contributed by atoms with Crippen molar-refractivity contribution in [1.29, 1.82) is 0 Å². The van der Waals surface area contributed by atoms with Crippen molar-refractivity contribution in [1.82, 2.24) is 10.3 Å². The number of nitrogens with zero attached hydrogens (tertiary/aromatic N) is 2. The van der Waals surface area contributed by atoms with Gasteiger partial charge in [0, 0.05) is 18.1 Å². The lowest BCUT2D eigenvalue weighted by molar-refractivity contribution is 0.0915. The van der Waals surface area contributed by atoms with Crippen molar-refractivity contribution < 1.29 is 14.3 Å². The Bertz CT molecular complexity index is 718. The number of ether oxygens (including phenoxy) is 1. The van der Waals surface area contributed by atoms with Gasteiger partial charge >= 0.3 is 6.09 Å². The number of pyridine rings is 1. The van der Waals surface area contributed by atoms with Crippen LogP contribution in [0.2, 0.25) is 0 Å². The van der Waals surface area contributed by atoms with Gasteiger partial charge in [-0.25, -0.2) is 4.79 Å². The fraction of sp³-hybridized carbons (Fsp3) is 0.235. The van der Waals surface area contributed by atoms with E-state index in [0.29, 0.717) is 12.1 Å². The number of amides is 2. The Morgan fingerprint density at radius 3 is 3.00 bits per heavy atom. The summed E-state index contributed by atoms with van der Waals surface area (Å²) < 4.78 is 5.31. The molecule has 1 fully saturated rings. The smallest absolute Gasteiger partial charge is 0.414 e. The standard InChI is InChI=1S/C17H17N3O3/c1-12-4-2-6-14(8-12)20-11-15(23-17(20)22)10-19-16(21)13-5-3-7-18-9-13/h2-9,15H,10-11H2,1H3,(H,19,21). The molecule has 2 aromatic rings. The van der Waals surface area contributed by atoms with Gasteiger partial charge < -0.3 is 10.1 Å². The minimum Gasteiger partial charge on any atom is -0.442 e. The molecule has 0 aliphatic carbocycles. The quantitative estimate of drug-likeness (QED) is 0.939. The third-order valence-corrected chi connectivity index (χ3v) is 3.60. The molecule has 1 aromatic heterocycles. The van der Waals surface area contributed by atoms with E-state index in [2.05, 4.69) is 10.3 Å². The SMILES string of the molecule is Cc1cccc(N2CC(CNC(=O)c3cccnc3)OC2=O)c1. The Balaban J connectivity index is 1.59. The van der Waals surface area contributed by atoms with Crippen molar-refractivity contribution in [2.24, 2.45) is 0 Å². The molecule has 0 bridgehead atoms. The fourth-order valence-electron chi connectivity index (χ4n) is 2.44. The summed E-state index contributed by atoms with van der Waals surface area (Å²) in [5.41, 5.74) is 2.35. The first-order valence-corrected chi connectivity index (χ1v) is 7.36. The highest BCUT2D eigenvalue weighted by molar-refractivity contribution is 5.94. The number of cyclic esters (lactones) is 1. The van der Waals surface area contributed by atoms with Crippen LogP contribution in [0.1, 0.15) is 15.9 Å². The van der Waals surface area contributed by atoms with Crippen molar-refractivity contribution in [3.05, 3.63) is 59.9 Å². The van der Waals surface area contributed by atoms with Gasteiger partial charge in [-0.05, 0) is 36.8 Å². The maximum Gasteiger partial charge on any atom is 0.414 e. The Morgan fingerprint density at radius 1 is 1.39 bits per heavy atom. The summed E-state index contributed by atoms with van der Waals surface area (Å²) in [5, 5.41) is 2.76. The molecule has 1 aliphatic heterocycles. The first kappa shape index (κ1) is 15.0. The van der Waals surface area contributed by atoms with Crippen molar-refractivity contribution in [2.45, 2.75) is 13.0 Å². The highest BCUT2D eigenvalue weighted by Crippen LogP contribution is 2.22. The zero-order chi connectivity index (χ0) is 16.2. The summed E-state index contributed by atoms with van der Waals surface area (Å²) in [7, 11) is 0. The first-order valence-electron chi connectivity index (χ1n) is 7.36. The molecule has 0 radical (unpaired) electrons. The highest BCUT2D eigenvalue weighted by Gasteiger charge is 2.32. The minimum absolute atomic E-state index is 0.233. The van der Waals surface area contributed by atoms with Crippen molar-refractivity contribution in [3.63, 3.8) is 0 Å². The van der Waals surface area contributed by atoms with Crippen LogP contribution in [-0.4, -0.2) is 36.2 Å². The molecule has 1 aromatic carbocycles. The Morgan fingerprint density at radius 2 is 2.26 bits per heavy atom. The lowest BCUT2D eigenvalue weighted by Crippen LogP contribution is -2.34. The summed E-state index contributed by atoms with van der Waals surface area (Å²) in [6.07, 6.45) is 2.34. The summed E-state index contributed by atoms with van der Waals surface area (Å²) in [6.45, 7) is 2.65. The molecule has 1 atom stereocenters. The molecule has 1 N–H and O–H groups in total. The van der Waals surface area contributed by atoms with Crippen LogP contribution in [0.4, 0.5) is 10.5 Å². The van der Waals surface area contributed by atoms with Crippen LogP contribution in [0.3, 0.4) is 0 Å². The Labute approximate surface area is 134 Å². The number of benzene rings is 1. The minimum atomic E-state index is -0.392. The predicted molar refractivity (Wildman–Crippen MR) is 85.4 cm³/mol. The topological polar surface area (TPSA) is 71.5 Å². The van der Waals surface area contributed by atoms with Gasteiger partial charge in [-0.3, -0.25) is 14.7 Å². The number of hydrogen-bond acceptors (Lipinski definition) is 4. The molecule has 2 amide bonds. The molecule has 3 rings (SSSR count). The lowest BCUT2D eigenvalue weighted by Gasteiger charge is -2.13. The molecule has 1 aliphatic rings. The highest BCUT2D eigenvalue weighted by atomic mass is 16.6. The zero-order valence-electron chi connectivity index (χ0n) is 12.7.